The van der Waals surface area contributed by atoms with Crippen molar-refractivity contribution in [2.75, 3.05) is 7.05 Å². The zero-order valence-electron chi connectivity index (χ0n) is 11.7. The number of sulfonamides is 1. The number of aliphatic carboxylic acids is 1. The average molecular weight is 328 g/mol. The number of hydrogen-bond acceptors (Lipinski definition) is 5. The van der Waals surface area contributed by atoms with Gasteiger partial charge in [0.25, 0.3) is 0 Å². The van der Waals surface area contributed by atoms with Gasteiger partial charge in [-0.25, -0.2) is 13.2 Å². The first-order valence-electron chi connectivity index (χ1n) is 6.14. The molecule has 1 unspecified atom stereocenters. The van der Waals surface area contributed by atoms with Gasteiger partial charge >= 0.3 is 5.97 Å². The van der Waals surface area contributed by atoms with Crippen molar-refractivity contribution in [3.05, 3.63) is 28.0 Å². The fraction of sp³-hybridized carbons (Fsp3) is 0.385. The molecule has 1 heterocycles. The molecule has 1 aromatic rings. The van der Waals surface area contributed by atoms with Gasteiger partial charge in [-0.3, -0.25) is 0 Å². The molecule has 0 bridgehead atoms. The third kappa shape index (κ3) is 4.67. The molecule has 21 heavy (non-hydrogen) atoms. The van der Waals surface area contributed by atoms with Gasteiger partial charge in [0.2, 0.25) is 10.0 Å². The molecule has 6 nitrogen and oxygen atoms in total. The van der Waals surface area contributed by atoms with Crippen molar-refractivity contribution in [1.82, 2.24) is 4.31 Å². The normalized spacial score (nSPS) is 13.4. The van der Waals surface area contributed by atoms with Gasteiger partial charge in [-0.15, -0.1) is 11.3 Å². The van der Waals surface area contributed by atoms with Gasteiger partial charge in [0.1, 0.15) is 0 Å². The zero-order valence-corrected chi connectivity index (χ0v) is 13.3. The van der Waals surface area contributed by atoms with Crippen LogP contribution in [0.4, 0.5) is 0 Å². The van der Waals surface area contributed by atoms with Gasteiger partial charge in [-0.1, -0.05) is 6.92 Å². The Bertz CT molecular complexity index is 671. The van der Waals surface area contributed by atoms with Crippen molar-refractivity contribution < 1.29 is 18.3 Å². The second kappa shape index (κ2) is 7.36. The second-order valence-electron chi connectivity index (χ2n) is 4.34. The topological polar surface area (TPSA) is 98.5 Å². The van der Waals surface area contributed by atoms with Gasteiger partial charge in [0.15, 0.2) is 5.25 Å². The minimum atomic E-state index is -3.65. The van der Waals surface area contributed by atoms with Crippen LogP contribution in [-0.4, -0.2) is 36.1 Å². The first kappa shape index (κ1) is 17.4. The standard InChI is InChI=1S/C13H16N2O4S2/c1-3-12(7-14)21(18,19)15(2)8-11-6-10(9-20-11)4-5-13(16)17/h4-6,9,12H,3,8H2,1-2H3,(H,16,17). The summed E-state index contributed by atoms with van der Waals surface area (Å²) in [6.45, 7) is 1.81. The Hall–Kier alpha value is -1.69. The summed E-state index contributed by atoms with van der Waals surface area (Å²) in [5.74, 6) is -1.04. The maximum atomic E-state index is 12.1. The highest BCUT2D eigenvalue weighted by atomic mass is 32.2. The summed E-state index contributed by atoms with van der Waals surface area (Å²) in [5, 5.41) is 18.1. The molecule has 1 aromatic heterocycles. The van der Waals surface area contributed by atoms with Crippen LogP contribution in [0.5, 0.6) is 0 Å². The molecular weight excluding hydrogens is 312 g/mol. The van der Waals surface area contributed by atoms with E-state index in [-0.39, 0.29) is 13.0 Å². The number of nitrogens with zero attached hydrogens (tertiary/aromatic N) is 2. The van der Waals surface area contributed by atoms with E-state index in [1.165, 1.54) is 24.5 Å². The summed E-state index contributed by atoms with van der Waals surface area (Å²) in [4.78, 5) is 11.2. The number of carboxylic acid groups (broad SMARTS) is 1. The fourth-order valence-corrected chi connectivity index (χ4v) is 3.93. The number of carbonyl (C=O) groups is 1. The van der Waals surface area contributed by atoms with Crippen molar-refractivity contribution in [2.45, 2.75) is 25.1 Å². The highest BCUT2D eigenvalue weighted by Gasteiger charge is 2.28. The molecule has 0 aromatic carbocycles. The van der Waals surface area contributed by atoms with Crippen LogP contribution >= 0.6 is 11.3 Å². The Morgan fingerprint density at radius 2 is 2.29 bits per heavy atom. The van der Waals surface area contributed by atoms with Crippen LogP contribution in [0.3, 0.4) is 0 Å². The smallest absolute Gasteiger partial charge is 0.328 e. The Morgan fingerprint density at radius 1 is 1.62 bits per heavy atom. The summed E-state index contributed by atoms with van der Waals surface area (Å²) < 4.78 is 25.4. The largest absolute Gasteiger partial charge is 0.478 e. The average Bonchev–Trinajstić information content (AvgIpc) is 2.85. The number of thiophene rings is 1. The van der Waals surface area contributed by atoms with Crippen molar-refractivity contribution in [2.24, 2.45) is 0 Å². The summed E-state index contributed by atoms with van der Waals surface area (Å²) in [5.41, 5.74) is 0.704. The van der Waals surface area contributed by atoms with E-state index in [1.807, 2.05) is 0 Å². The van der Waals surface area contributed by atoms with Gasteiger partial charge in [-0.05, 0) is 29.5 Å². The summed E-state index contributed by atoms with van der Waals surface area (Å²) in [7, 11) is -2.22. The first-order valence-corrected chi connectivity index (χ1v) is 8.52. The zero-order chi connectivity index (χ0) is 16.0. The van der Waals surface area contributed by atoms with E-state index < -0.39 is 21.2 Å². The molecule has 0 aliphatic heterocycles. The minimum absolute atomic E-state index is 0.159. The van der Waals surface area contributed by atoms with Crippen LogP contribution in [-0.2, 0) is 21.4 Å². The predicted octanol–water partition coefficient (Wildman–Crippen LogP) is 1.91. The van der Waals surface area contributed by atoms with E-state index in [4.69, 9.17) is 10.4 Å². The lowest BCUT2D eigenvalue weighted by Gasteiger charge is -2.18. The summed E-state index contributed by atoms with van der Waals surface area (Å²) in [6, 6.07) is 3.52. The quantitative estimate of drug-likeness (QED) is 0.771. The lowest BCUT2D eigenvalue weighted by molar-refractivity contribution is -0.131. The van der Waals surface area contributed by atoms with Crippen LogP contribution in [0.25, 0.3) is 6.08 Å². The lowest BCUT2D eigenvalue weighted by Crippen LogP contribution is -2.34. The Balaban J connectivity index is 2.83. The van der Waals surface area contributed by atoms with E-state index in [0.717, 1.165) is 15.3 Å². The highest BCUT2D eigenvalue weighted by Crippen LogP contribution is 2.20. The molecule has 8 heteroatoms. The first-order chi connectivity index (χ1) is 9.81. The molecule has 0 saturated carbocycles. The van der Waals surface area contributed by atoms with E-state index >= 15 is 0 Å². The molecule has 1 rings (SSSR count). The van der Waals surface area contributed by atoms with E-state index in [1.54, 1.807) is 24.4 Å². The molecular formula is C13H16N2O4S2. The maximum Gasteiger partial charge on any atom is 0.328 e. The Morgan fingerprint density at radius 3 is 2.81 bits per heavy atom. The molecule has 114 valence electrons. The number of hydrogen-bond donors (Lipinski definition) is 1. The van der Waals surface area contributed by atoms with Crippen molar-refractivity contribution in [1.29, 1.82) is 5.26 Å². The molecule has 0 aliphatic carbocycles. The van der Waals surface area contributed by atoms with Crippen LogP contribution in [0.15, 0.2) is 17.5 Å². The number of nitriles is 1. The number of carboxylic acids is 1. The molecule has 0 radical (unpaired) electrons. The van der Waals surface area contributed by atoms with E-state index in [2.05, 4.69) is 0 Å². The molecule has 0 aliphatic rings. The maximum absolute atomic E-state index is 12.1. The fourth-order valence-electron chi connectivity index (χ4n) is 1.63. The van der Waals surface area contributed by atoms with Crippen molar-refractivity contribution in [3.8, 4) is 6.07 Å². The highest BCUT2D eigenvalue weighted by molar-refractivity contribution is 7.89. The van der Waals surface area contributed by atoms with Crippen molar-refractivity contribution in [3.63, 3.8) is 0 Å². The van der Waals surface area contributed by atoms with Crippen LogP contribution in [0.1, 0.15) is 23.8 Å². The van der Waals surface area contributed by atoms with Crippen LogP contribution in [0.2, 0.25) is 0 Å². The Kier molecular flexibility index (Phi) is 6.08. The predicted molar refractivity (Wildman–Crippen MR) is 81.1 cm³/mol. The van der Waals surface area contributed by atoms with Crippen molar-refractivity contribution >= 4 is 33.4 Å². The summed E-state index contributed by atoms with van der Waals surface area (Å²) in [6.07, 6.45) is 2.70. The third-order valence-corrected chi connectivity index (χ3v) is 5.88. The molecule has 1 N–H and O–H groups in total. The Labute approximate surface area is 128 Å². The monoisotopic (exact) mass is 328 g/mol. The van der Waals surface area contributed by atoms with E-state index in [0.29, 0.717) is 5.56 Å². The van der Waals surface area contributed by atoms with Crippen LogP contribution in [0, 0.1) is 11.3 Å². The molecule has 0 fully saturated rings. The van der Waals surface area contributed by atoms with Gasteiger partial charge < -0.3 is 5.11 Å². The lowest BCUT2D eigenvalue weighted by atomic mass is 10.3. The number of rotatable bonds is 7. The van der Waals surface area contributed by atoms with E-state index in [9.17, 15) is 13.2 Å². The van der Waals surface area contributed by atoms with Gasteiger partial charge in [0, 0.05) is 24.5 Å². The third-order valence-electron chi connectivity index (χ3n) is 2.78. The second-order valence-corrected chi connectivity index (χ2v) is 7.56. The van der Waals surface area contributed by atoms with Crippen LogP contribution < -0.4 is 0 Å². The van der Waals surface area contributed by atoms with Gasteiger partial charge in [0.05, 0.1) is 6.07 Å². The molecule has 0 amide bonds. The minimum Gasteiger partial charge on any atom is -0.478 e. The molecule has 1 atom stereocenters. The van der Waals surface area contributed by atoms with Gasteiger partial charge in [-0.2, -0.15) is 9.57 Å². The summed E-state index contributed by atoms with van der Waals surface area (Å²) >= 11 is 1.34. The molecule has 0 spiro atoms. The SMILES string of the molecule is CCC(C#N)S(=O)(=O)N(C)Cc1cc(C=CC(=O)O)cs1. The molecule has 0 saturated heterocycles.